The van der Waals surface area contributed by atoms with E-state index >= 15 is 0 Å². The van der Waals surface area contributed by atoms with E-state index in [0.29, 0.717) is 30.5 Å². The largest absolute Gasteiger partial charge is 0.339 e. The molecule has 3 rings (SSSR count). The molecule has 0 aliphatic carbocycles. The minimum atomic E-state index is -0.159. The van der Waals surface area contributed by atoms with Gasteiger partial charge in [-0.3, -0.25) is 19.3 Å². The lowest BCUT2D eigenvalue weighted by Gasteiger charge is -2.25. The van der Waals surface area contributed by atoms with E-state index < -0.39 is 0 Å². The predicted octanol–water partition coefficient (Wildman–Crippen LogP) is 2.75. The minimum Gasteiger partial charge on any atom is -0.339 e. The van der Waals surface area contributed by atoms with Crippen LogP contribution in [-0.4, -0.2) is 35.7 Å². The molecule has 5 nitrogen and oxygen atoms in total. The average Bonchev–Trinajstić information content (AvgIpc) is 2.84. The van der Waals surface area contributed by atoms with Crippen LogP contribution in [0.25, 0.3) is 0 Å². The molecule has 0 N–H and O–H groups in total. The summed E-state index contributed by atoms with van der Waals surface area (Å²) >= 11 is 0. The molecular weight excluding hydrogens is 292 g/mol. The summed E-state index contributed by atoms with van der Waals surface area (Å²) in [6.07, 6.45) is 5.91. The lowest BCUT2D eigenvalue weighted by Crippen LogP contribution is -2.40. The molecule has 0 radical (unpaired) electrons. The summed E-state index contributed by atoms with van der Waals surface area (Å²) in [5.74, 6) is -0.282. The molecule has 122 valence electrons. The molecule has 0 spiro atoms. The van der Waals surface area contributed by atoms with E-state index in [0.717, 1.165) is 25.9 Å². The molecule has 2 aliphatic heterocycles. The van der Waals surface area contributed by atoms with Crippen LogP contribution < -0.4 is 4.90 Å². The van der Waals surface area contributed by atoms with E-state index in [2.05, 4.69) is 0 Å². The average molecular weight is 314 g/mol. The Hall–Kier alpha value is -2.17. The number of carbonyl (C=O) groups is 3. The standard InChI is InChI=1S/C18H22N2O3/c21-16-6-5-7-17(22)20(16)15-10-8-14(9-11-15)18(23)19-12-3-1-2-4-13-19/h8-11H,1-7,12-13H2. The maximum Gasteiger partial charge on any atom is 0.253 e. The Balaban J connectivity index is 1.74. The van der Waals surface area contributed by atoms with E-state index in [1.54, 1.807) is 24.3 Å². The summed E-state index contributed by atoms with van der Waals surface area (Å²) in [5, 5.41) is 0. The Morgan fingerprint density at radius 3 is 1.91 bits per heavy atom. The second-order valence-electron chi connectivity index (χ2n) is 6.23. The van der Waals surface area contributed by atoms with Gasteiger partial charge in [-0.25, -0.2) is 0 Å². The van der Waals surface area contributed by atoms with Gasteiger partial charge in [0.1, 0.15) is 0 Å². The van der Waals surface area contributed by atoms with Crippen molar-refractivity contribution in [2.45, 2.75) is 44.9 Å². The van der Waals surface area contributed by atoms with E-state index in [-0.39, 0.29) is 17.7 Å². The number of hydrogen-bond acceptors (Lipinski definition) is 3. The molecule has 0 bridgehead atoms. The first kappa shape index (κ1) is 15.7. The molecule has 2 heterocycles. The number of piperidine rings is 1. The van der Waals surface area contributed by atoms with Crippen molar-refractivity contribution in [2.75, 3.05) is 18.0 Å². The summed E-state index contributed by atoms with van der Waals surface area (Å²) in [6, 6.07) is 6.84. The lowest BCUT2D eigenvalue weighted by atomic mass is 10.1. The first-order valence-corrected chi connectivity index (χ1v) is 8.42. The van der Waals surface area contributed by atoms with Crippen molar-refractivity contribution in [1.82, 2.24) is 4.90 Å². The smallest absolute Gasteiger partial charge is 0.253 e. The van der Waals surface area contributed by atoms with Gasteiger partial charge in [0.15, 0.2) is 0 Å². The van der Waals surface area contributed by atoms with Crippen LogP contribution in [0.5, 0.6) is 0 Å². The second kappa shape index (κ2) is 6.94. The third-order valence-electron chi connectivity index (χ3n) is 4.55. The van der Waals surface area contributed by atoms with Gasteiger partial charge in [0.2, 0.25) is 11.8 Å². The second-order valence-corrected chi connectivity index (χ2v) is 6.23. The van der Waals surface area contributed by atoms with Crippen LogP contribution >= 0.6 is 0 Å². The molecule has 2 aliphatic rings. The minimum absolute atomic E-state index is 0.0368. The Kier molecular flexibility index (Phi) is 4.74. The molecule has 0 saturated carbocycles. The molecule has 2 saturated heterocycles. The summed E-state index contributed by atoms with van der Waals surface area (Å²) in [5.41, 5.74) is 1.18. The quantitative estimate of drug-likeness (QED) is 0.789. The molecule has 1 aromatic carbocycles. The third-order valence-corrected chi connectivity index (χ3v) is 4.55. The highest BCUT2D eigenvalue weighted by atomic mass is 16.2. The monoisotopic (exact) mass is 314 g/mol. The van der Waals surface area contributed by atoms with Gasteiger partial charge < -0.3 is 4.90 Å². The predicted molar refractivity (Wildman–Crippen MR) is 87.2 cm³/mol. The summed E-state index contributed by atoms with van der Waals surface area (Å²) in [4.78, 5) is 39.6. The zero-order valence-corrected chi connectivity index (χ0v) is 13.3. The number of nitrogens with zero attached hydrogens (tertiary/aromatic N) is 2. The van der Waals surface area contributed by atoms with Crippen LogP contribution in [0.2, 0.25) is 0 Å². The van der Waals surface area contributed by atoms with Crippen LogP contribution in [0.1, 0.15) is 55.3 Å². The van der Waals surface area contributed by atoms with Gasteiger partial charge in [0, 0.05) is 31.5 Å². The number of likely N-dealkylation sites (tertiary alicyclic amines) is 1. The molecule has 1 aromatic rings. The maximum atomic E-state index is 12.5. The van der Waals surface area contributed by atoms with Gasteiger partial charge in [0.05, 0.1) is 5.69 Å². The number of carbonyl (C=O) groups excluding carboxylic acids is 3. The number of amides is 3. The van der Waals surface area contributed by atoms with Crippen LogP contribution in [0.4, 0.5) is 5.69 Å². The number of benzene rings is 1. The maximum absolute atomic E-state index is 12.5. The van der Waals surface area contributed by atoms with Crippen molar-refractivity contribution in [3.63, 3.8) is 0 Å². The number of rotatable bonds is 2. The molecular formula is C18H22N2O3. The Labute approximate surface area is 136 Å². The van der Waals surface area contributed by atoms with Crippen molar-refractivity contribution < 1.29 is 14.4 Å². The summed E-state index contributed by atoms with van der Waals surface area (Å²) < 4.78 is 0. The number of hydrogen-bond donors (Lipinski definition) is 0. The van der Waals surface area contributed by atoms with E-state index in [4.69, 9.17) is 0 Å². The van der Waals surface area contributed by atoms with Gasteiger partial charge >= 0.3 is 0 Å². The summed E-state index contributed by atoms with van der Waals surface area (Å²) in [6.45, 7) is 1.62. The third kappa shape index (κ3) is 3.44. The van der Waals surface area contributed by atoms with Crippen molar-refractivity contribution in [1.29, 1.82) is 0 Å². The van der Waals surface area contributed by atoms with Crippen molar-refractivity contribution in [3.8, 4) is 0 Å². The molecule has 0 unspecified atom stereocenters. The Morgan fingerprint density at radius 1 is 0.783 bits per heavy atom. The molecule has 0 aromatic heterocycles. The molecule has 5 heteroatoms. The van der Waals surface area contributed by atoms with Crippen LogP contribution in [0, 0.1) is 0 Å². The topological polar surface area (TPSA) is 57.7 Å². The fourth-order valence-corrected chi connectivity index (χ4v) is 3.25. The Morgan fingerprint density at radius 2 is 1.35 bits per heavy atom. The highest BCUT2D eigenvalue weighted by Gasteiger charge is 2.27. The SMILES string of the molecule is O=C(c1ccc(N2C(=O)CCCC2=O)cc1)N1CCCCCC1. The zero-order valence-electron chi connectivity index (χ0n) is 13.3. The van der Waals surface area contributed by atoms with E-state index in [1.807, 2.05) is 4.90 Å². The van der Waals surface area contributed by atoms with Crippen molar-refractivity contribution >= 4 is 23.4 Å². The first-order chi connectivity index (χ1) is 11.2. The highest BCUT2D eigenvalue weighted by Crippen LogP contribution is 2.23. The van der Waals surface area contributed by atoms with Gasteiger partial charge in [-0.2, -0.15) is 0 Å². The van der Waals surface area contributed by atoms with Gasteiger partial charge in [-0.15, -0.1) is 0 Å². The molecule has 3 amide bonds. The Bertz CT molecular complexity index is 585. The van der Waals surface area contributed by atoms with Gasteiger partial charge in [-0.05, 0) is 43.5 Å². The number of imide groups is 1. The first-order valence-electron chi connectivity index (χ1n) is 8.42. The zero-order chi connectivity index (χ0) is 16.2. The van der Waals surface area contributed by atoms with Gasteiger partial charge in [0.25, 0.3) is 5.91 Å². The van der Waals surface area contributed by atoms with Gasteiger partial charge in [-0.1, -0.05) is 12.8 Å². The van der Waals surface area contributed by atoms with E-state index in [9.17, 15) is 14.4 Å². The molecule has 0 atom stereocenters. The lowest BCUT2D eigenvalue weighted by molar-refractivity contribution is -0.129. The summed E-state index contributed by atoms with van der Waals surface area (Å²) in [7, 11) is 0. The van der Waals surface area contributed by atoms with Crippen molar-refractivity contribution in [3.05, 3.63) is 29.8 Å². The molecule has 23 heavy (non-hydrogen) atoms. The fourth-order valence-electron chi connectivity index (χ4n) is 3.25. The van der Waals surface area contributed by atoms with E-state index in [1.165, 1.54) is 17.7 Å². The van der Waals surface area contributed by atoms with Crippen LogP contribution in [0.15, 0.2) is 24.3 Å². The number of anilines is 1. The van der Waals surface area contributed by atoms with Crippen LogP contribution in [0.3, 0.4) is 0 Å². The molecule has 2 fully saturated rings. The fraction of sp³-hybridized carbons (Fsp3) is 0.500. The van der Waals surface area contributed by atoms with Crippen molar-refractivity contribution in [2.24, 2.45) is 0 Å². The normalized spacial score (nSPS) is 19.7. The highest BCUT2D eigenvalue weighted by molar-refractivity contribution is 6.16. The van der Waals surface area contributed by atoms with Crippen LogP contribution in [-0.2, 0) is 9.59 Å².